The molecule has 4 rings (SSSR count). The number of benzene rings is 2. The zero-order valence-electron chi connectivity index (χ0n) is 14.1. The van der Waals surface area contributed by atoms with Crippen molar-refractivity contribution in [3.05, 3.63) is 72.1 Å². The molecule has 2 heterocycles. The number of aromatic nitrogens is 2. The molecule has 4 aromatic rings. The lowest BCUT2D eigenvalue weighted by Crippen LogP contribution is -2.20. The minimum atomic E-state index is -0.362. The second-order valence-corrected chi connectivity index (χ2v) is 6.58. The van der Waals surface area contributed by atoms with Gasteiger partial charge in [-0.25, -0.2) is 14.4 Å². The molecule has 0 fully saturated rings. The molecular weight excluding hydrogens is 365 g/mol. The zero-order valence-corrected chi connectivity index (χ0v) is 14.9. The van der Waals surface area contributed by atoms with Gasteiger partial charge in [0, 0.05) is 16.6 Å². The van der Waals surface area contributed by atoms with E-state index < -0.39 is 0 Å². The zero-order chi connectivity index (χ0) is 18.6. The molecule has 0 aliphatic carbocycles. The summed E-state index contributed by atoms with van der Waals surface area (Å²) >= 11 is 1.49. The molecule has 0 radical (unpaired) electrons. The highest BCUT2D eigenvalue weighted by Gasteiger charge is 2.15. The average Bonchev–Trinajstić information content (AvgIpc) is 3.14. The molecule has 0 saturated carbocycles. The smallest absolute Gasteiger partial charge is 0.262 e. The highest BCUT2D eigenvalue weighted by Crippen LogP contribution is 2.37. The molecule has 0 aliphatic rings. The monoisotopic (exact) mass is 379 g/mol. The maximum Gasteiger partial charge on any atom is 0.262 e. The Morgan fingerprint density at radius 2 is 1.85 bits per heavy atom. The third-order valence-electron chi connectivity index (χ3n) is 3.89. The second kappa shape index (κ2) is 7.51. The first-order valence-electron chi connectivity index (χ1n) is 8.16. The van der Waals surface area contributed by atoms with Gasteiger partial charge in [0.05, 0.1) is 5.39 Å². The lowest BCUT2D eigenvalue weighted by molar-refractivity contribution is -0.118. The Morgan fingerprint density at radius 1 is 1.07 bits per heavy atom. The summed E-state index contributed by atoms with van der Waals surface area (Å²) < 4.78 is 18.6. The molecule has 0 aliphatic heterocycles. The molecule has 0 unspecified atom stereocenters. The number of hydrogen-bond acceptors (Lipinski definition) is 5. The summed E-state index contributed by atoms with van der Waals surface area (Å²) in [4.78, 5) is 21.4. The van der Waals surface area contributed by atoms with Crippen molar-refractivity contribution in [1.82, 2.24) is 9.97 Å². The number of anilines is 1. The Hall–Kier alpha value is -3.32. The first-order chi connectivity index (χ1) is 13.2. The molecule has 1 N–H and O–H groups in total. The molecule has 0 atom stereocenters. The summed E-state index contributed by atoms with van der Waals surface area (Å²) in [6, 6.07) is 15.4. The van der Waals surface area contributed by atoms with Gasteiger partial charge in [-0.3, -0.25) is 4.79 Å². The van der Waals surface area contributed by atoms with Crippen LogP contribution >= 0.6 is 11.3 Å². The van der Waals surface area contributed by atoms with Gasteiger partial charge in [0.1, 0.15) is 17.0 Å². The molecule has 2 aromatic heterocycles. The number of carbonyl (C=O) groups is 1. The number of rotatable bonds is 5. The van der Waals surface area contributed by atoms with Gasteiger partial charge < -0.3 is 10.1 Å². The van der Waals surface area contributed by atoms with Crippen molar-refractivity contribution in [3.8, 4) is 17.0 Å². The van der Waals surface area contributed by atoms with Crippen molar-refractivity contribution in [1.29, 1.82) is 0 Å². The van der Waals surface area contributed by atoms with Gasteiger partial charge in [-0.05, 0) is 29.8 Å². The van der Waals surface area contributed by atoms with E-state index in [0.717, 1.165) is 21.3 Å². The molecule has 7 heteroatoms. The van der Waals surface area contributed by atoms with E-state index in [4.69, 9.17) is 4.74 Å². The van der Waals surface area contributed by atoms with Crippen LogP contribution in [0.15, 0.2) is 66.3 Å². The standard InChI is InChI=1S/C20H14FN3O2S/c21-14-6-8-15(9-7-14)24-17(25)10-26-19-18-16(13-4-2-1-3-5-13)11-27-20(18)23-12-22-19/h1-9,11-12H,10H2,(H,24,25). The van der Waals surface area contributed by atoms with E-state index in [-0.39, 0.29) is 18.3 Å². The van der Waals surface area contributed by atoms with Crippen molar-refractivity contribution >= 4 is 33.1 Å². The van der Waals surface area contributed by atoms with E-state index >= 15 is 0 Å². The second-order valence-electron chi connectivity index (χ2n) is 5.72. The van der Waals surface area contributed by atoms with E-state index in [0.29, 0.717) is 11.6 Å². The van der Waals surface area contributed by atoms with Crippen molar-refractivity contribution in [2.75, 3.05) is 11.9 Å². The van der Waals surface area contributed by atoms with Gasteiger partial charge >= 0.3 is 0 Å². The fraction of sp³-hybridized carbons (Fsp3) is 0.0500. The van der Waals surface area contributed by atoms with Crippen molar-refractivity contribution in [2.45, 2.75) is 0 Å². The predicted molar refractivity (Wildman–Crippen MR) is 103 cm³/mol. The van der Waals surface area contributed by atoms with Crippen LogP contribution in [-0.2, 0) is 4.79 Å². The van der Waals surface area contributed by atoms with Crippen LogP contribution in [-0.4, -0.2) is 22.5 Å². The Balaban J connectivity index is 1.54. The van der Waals surface area contributed by atoms with Crippen molar-refractivity contribution in [3.63, 3.8) is 0 Å². The molecule has 2 aromatic carbocycles. The third-order valence-corrected chi connectivity index (χ3v) is 4.77. The van der Waals surface area contributed by atoms with E-state index in [2.05, 4.69) is 15.3 Å². The minimum Gasteiger partial charge on any atom is -0.467 e. The van der Waals surface area contributed by atoms with Gasteiger partial charge in [0.15, 0.2) is 6.61 Å². The Bertz CT molecular complexity index is 1080. The molecule has 27 heavy (non-hydrogen) atoms. The van der Waals surface area contributed by atoms with Crippen LogP contribution < -0.4 is 10.1 Å². The summed E-state index contributed by atoms with van der Waals surface area (Å²) in [6.45, 7) is -0.215. The number of hydrogen-bond donors (Lipinski definition) is 1. The van der Waals surface area contributed by atoms with Crippen molar-refractivity contribution < 1.29 is 13.9 Å². The van der Waals surface area contributed by atoms with Gasteiger partial charge in [-0.1, -0.05) is 30.3 Å². The third kappa shape index (κ3) is 3.78. The molecular formula is C20H14FN3O2S. The Labute approximate surface area is 158 Å². The molecule has 134 valence electrons. The lowest BCUT2D eigenvalue weighted by atomic mass is 10.1. The molecule has 1 amide bonds. The highest BCUT2D eigenvalue weighted by atomic mass is 32.1. The first kappa shape index (κ1) is 17.1. The maximum absolute atomic E-state index is 12.9. The highest BCUT2D eigenvalue weighted by molar-refractivity contribution is 7.17. The number of amides is 1. The Morgan fingerprint density at radius 3 is 2.63 bits per heavy atom. The predicted octanol–water partition coefficient (Wildman–Crippen LogP) is 4.51. The summed E-state index contributed by atoms with van der Waals surface area (Å²) in [5.74, 6) is -0.363. The molecule has 0 bridgehead atoms. The SMILES string of the molecule is O=C(COc1ncnc2scc(-c3ccccc3)c12)Nc1ccc(F)cc1. The number of nitrogens with zero attached hydrogens (tertiary/aromatic N) is 2. The first-order valence-corrected chi connectivity index (χ1v) is 9.04. The molecule has 0 spiro atoms. The number of thiophene rings is 1. The average molecular weight is 379 g/mol. The number of carbonyl (C=O) groups excluding carboxylic acids is 1. The maximum atomic E-state index is 12.9. The fourth-order valence-corrected chi connectivity index (χ4v) is 3.56. The van der Waals surface area contributed by atoms with Gasteiger partial charge in [-0.2, -0.15) is 0 Å². The summed E-state index contributed by atoms with van der Waals surface area (Å²) in [5, 5.41) is 5.44. The lowest BCUT2D eigenvalue weighted by Gasteiger charge is -2.08. The minimum absolute atomic E-state index is 0.215. The van der Waals surface area contributed by atoms with E-state index in [1.165, 1.54) is 41.9 Å². The van der Waals surface area contributed by atoms with E-state index in [1.807, 2.05) is 35.7 Å². The van der Waals surface area contributed by atoms with E-state index in [9.17, 15) is 9.18 Å². The number of fused-ring (bicyclic) bond motifs is 1. The fourth-order valence-electron chi connectivity index (χ4n) is 2.65. The van der Waals surface area contributed by atoms with Crippen LogP contribution in [0.3, 0.4) is 0 Å². The van der Waals surface area contributed by atoms with Crippen LogP contribution in [0, 0.1) is 5.82 Å². The summed E-state index contributed by atoms with van der Waals surface area (Å²) in [5.41, 5.74) is 2.49. The summed E-state index contributed by atoms with van der Waals surface area (Å²) in [7, 11) is 0. The van der Waals surface area contributed by atoms with Crippen LogP contribution in [0.5, 0.6) is 5.88 Å². The normalized spacial score (nSPS) is 10.7. The van der Waals surface area contributed by atoms with Gasteiger partial charge in [0.25, 0.3) is 5.91 Å². The largest absolute Gasteiger partial charge is 0.467 e. The number of nitrogens with one attached hydrogen (secondary N) is 1. The van der Waals surface area contributed by atoms with Crippen LogP contribution in [0.25, 0.3) is 21.3 Å². The van der Waals surface area contributed by atoms with Gasteiger partial charge in [0.2, 0.25) is 5.88 Å². The van der Waals surface area contributed by atoms with Crippen LogP contribution in [0.2, 0.25) is 0 Å². The summed E-state index contributed by atoms with van der Waals surface area (Å²) in [6.07, 6.45) is 1.42. The van der Waals surface area contributed by atoms with E-state index in [1.54, 1.807) is 0 Å². The Kier molecular flexibility index (Phi) is 4.76. The molecule has 5 nitrogen and oxygen atoms in total. The van der Waals surface area contributed by atoms with Crippen molar-refractivity contribution in [2.24, 2.45) is 0 Å². The van der Waals surface area contributed by atoms with Gasteiger partial charge in [-0.15, -0.1) is 11.3 Å². The quantitative estimate of drug-likeness (QED) is 0.554. The number of ether oxygens (including phenoxy) is 1. The topological polar surface area (TPSA) is 64.1 Å². The number of halogens is 1. The van der Waals surface area contributed by atoms with Crippen LogP contribution in [0.4, 0.5) is 10.1 Å². The molecule has 0 saturated heterocycles. The van der Waals surface area contributed by atoms with Crippen LogP contribution in [0.1, 0.15) is 0 Å².